The van der Waals surface area contributed by atoms with Gasteiger partial charge in [0, 0.05) is 26.2 Å². The number of hydrogen-bond acceptors (Lipinski definition) is 0. The van der Waals surface area contributed by atoms with Gasteiger partial charge in [-0.25, -0.2) is 0 Å². The Morgan fingerprint density at radius 2 is 0.474 bits per heavy atom. The van der Waals surface area contributed by atoms with E-state index in [1.54, 1.807) is 0 Å². The molecule has 2 rings (SSSR count). The van der Waals surface area contributed by atoms with E-state index in [-0.39, 0.29) is 26.2 Å². The van der Waals surface area contributed by atoms with E-state index in [1.165, 1.54) is 29.6 Å². The van der Waals surface area contributed by atoms with Gasteiger partial charge in [0.1, 0.15) is 0 Å². The summed E-state index contributed by atoms with van der Waals surface area (Å²) in [6.07, 6.45) is 16.0. The summed E-state index contributed by atoms with van der Waals surface area (Å²) < 4.78 is 0. The third-order valence-corrected chi connectivity index (χ3v) is 3.70. The summed E-state index contributed by atoms with van der Waals surface area (Å²) in [4.78, 5) is 0. The van der Waals surface area contributed by atoms with Gasteiger partial charge in [-0.15, -0.1) is 0 Å². The molecule has 0 bridgehead atoms. The molecule has 0 aromatic heterocycles. The predicted octanol–water partition coefficient (Wildman–Crippen LogP) is 4.60. The van der Waals surface area contributed by atoms with E-state index in [4.69, 9.17) is 0 Å². The van der Waals surface area contributed by atoms with Gasteiger partial charge in [0.05, 0.1) is 0 Å². The van der Waals surface area contributed by atoms with E-state index in [1.807, 2.05) is 51.4 Å². The van der Waals surface area contributed by atoms with Crippen molar-refractivity contribution in [3.05, 3.63) is 81.0 Å². The van der Waals surface area contributed by atoms with Crippen molar-refractivity contribution >= 4 is 0 Å². The maximum absolute atomic E-state index is 2.20. The standard InChI is InChI=1S/C10H15.C8H8.Zr/c1-6-7(2)9(4)10(5)8(6)3;1-2-4-6-8-7-5-3-1;/h1-5H3;1-8H;. The zero-order valence-electron chi connectivity index (χ0n) is 12.6. The summed E-state index contributed by atoms with van der Waals surface area (Å²) in [5, 5.41) is 0. The first-order chi connectivity index (χ1) is 8.55. The van der Waals surface area contributed by atoms with E-state index in [9.17, 15) is 0 Å². The molecule has 13 radical (unpaired) electrons. The molecular weight excluding hydrogens is 307 g/mol. The molecular formula is C18H23Zr. The Hall–Kier alpha value is 0.883. The molecule has 0 saturated heterocycles. The third kappa shape index (κ3) is 6.45. The quantitative estimate of drug-likeness (QED) is 0.609. The Balaban J connectivity index is 0.000000331. The molecule has 0 nitrogen and oxygen atoms in total. The molecule has 2 aliphatic rings. The zero-order valence-corrected chi connectivity index (χ0v) is 15.1. The fraction of sp³-hybridized carbons (Fsp3) is 0.278. The van der Waals surface area contributed by atoms with E-state index in [2.05, 4.69) is 34.6 Å². The smallest absolute Gasteiger partial charge is 0 e. The van der Waals surface area contributed by atoms with Crippen LogP contribution in [0.3, 0.4) is 0 Å². The minimum atomic E-state index is 0. The molecule has 2 fully saturated rings. The summed E-state index contributed by atoms with van der Waals surface area (Å²) in [6, 6.07) is 0. The summed E-state index contributed by atoms with van der Waals surface area (Å²) in [7, 11) is 0. The molecule has 0 aromatic carbocycles. The van der Waals surface area contributed by atoms with E-state index in [0.29, 0.717) is 0 Å². The van der Waals surface area contributed by atoms with Crippen molar-refractivity contribution in [1.29, 1.82) is 0 Å². The van der Waals surface area contributed by atoms with Crippen LogP contribution in [-0.2, 0) is 26.2 Å². The van der Waals surface area contributed by atoms with Crippen LogP contribution < -0.4 is 0 Å². The van der Waals surface area contributed by atoms with Gasteiger partial charge in [-0.2, -0.15) is 0 Å². The van der Waals surface area contributed by atoms with E-state index in [0.717, 1.165) is 0 Å². The molecule has 0 heterocycles. The SMILES string of the molecule is C[C]1[C](C)[C](C)[C](C)[C]1C.[CH]1[CH][CH][CH][CH][CH][CH][CH]1.[Zr]. The molecule has 0 atom stereocenters. The molecule has 2 aliphatic carbocycles. The van der Waals surface area contributed by atoms with Crippen LogP contribution in [0.15, 0.2) is 0 Å². The fourth-order valence-electron chi connectivity index (χ4n) is 1.92. The van der Waals surface area contributed by atoms with Crippen LogP contribution in [0, 0.1) is 81.0 Å². The molecule has 99 valence electrons. The summed E-state index contributed by atoms with van der Waals surface area (Å²) in [5.74, 6) is 7.34. The van der Waals surface area contributed by atoms with Crippen molar-refractivity contribution in [3.63, 3.8) is 0 Å². The summed E-state index contributed by atoms with van der Waals surface area (Å²) >= 11 is 0. The van der Waals surface area contributed by atoms with Gasteiger partial charge in [-0.1, -0.05) is 34.6 Å². The van der Waals surface area contributed by atoms with Crippen molar-refractivity contribution in [2.45, 2.75) is 34.6 Å². The van der Waals surface area contributed by atoms with Crippen LogP contribution in [0.25, 0.3) is 0 Å². The molecule has 0 aliphatic heterocycles. The van der Waals surface area contributed by atoms with Crippen molar-refractivity contribution in [3.8, 4) is 0 Å². The molecule has 0 aromatic rings. The molecule has 1 heteroatoms. The molecule has 0 spiro atoms. The monoisotopic (exact) mass is 329 g/mol. The maximum atomic E-state index is 2.20. The normalized spacial score (nSPS) is 25.1. The van der Waals surface area contributed by atoms with Gasteiger partial charge in [-0.05, 0) is 81.0 Å². The molecule has 0 unspecified atom stereocenters. The molecule has 0 amide bonds. The first kappa shape index (κ1) is 19.9. The Morgan fingerprint density at radius 3 is 0.579 bits per heavy atom. The van der Waals surface area contributed by atoms with Gasteiger partial charge < -0.3 is 0 Å². The van der Waals surface area contributed by atoms with Crippen LogP contribution in [0.1, 0.15) is 34.6 Å². The Bertz CT molecular complexity index is 145. The second-order valence-corrected chi connectivity index (χ2v) is 4.66. The van der Waals surface area contributed by atoms with Crippen LogP contribution in [0.5, 0.6) is 0 Å². The average Bonchev–Trinajstić information content (AvgIpc) is 2.48. The first-order valence-electron chi connectivity index (χ1n) is 6.42. The Labute approximate surface area is 141 Å². The Kier molecular flexibility index (Phi) is 11.1. The van der Waals surface area contributed by atoms with Gasteiger partial charge in [0.15, 0.2) is 0 Å². The minimum absolute atomic E-state index is 0. The van der Waals surface area contributed by atoms with Crippen molar-refractivity contribution in [2.24, 2.45) is 0 Å². The number of hydrogen-bond donors (Lipinski definition) is 0. The van der Waals surface area contributed by atoms with Gasteiger partial charge in [0.25, 0.3) is 0 Å². The van der Waals surface area contributed by atoms with Crippen molar-refractivity contribution in [1.82, 2.24) is 0 Å². The van der Waals surface area contributed by atoms with Crippen molar-refractivity contribution < 1.29 is 26.2 Å². The zero-order chi connectivity index (χ0) is 13.5. The van der Waals surface area contributed by atoms with Crippen LogP contribution >= 0.6 is 0 Å². The fourth-order valence-corrected chi connectivity index (χ4v) is 1.92. The van der Waals surface area contributed by atoms with E-state index >= 15 is 0 Å². The third-order valence-electron chi connectivity index (χ3n) is 3.70. The van der Waals surface area contributed by atoms with Crippen molar-refractivity contribution in [2.75, 3.05) is 0 Å². The van der Waals surface area contributed by atoms with Crippen LogP contribution in [0.2, 0.25) is 0 Å². The molecule has 2 saturated carbocycles. The predicted molar refractivity (Wildman–Crippen MR) is 79.0 cm³/mol. The minimum Gasteiger partial charge on any atom is -0.0579 e. The molecule has 19 heavy (non-hydrogen) atoms. The van der Waals surface area contributed by atoms with Gasteiger partial charge in [-0.3, -0.25) is 0 Å². The van der Waals surface area contributed by atoms with Crippen LogP contribution in [-0.4, -0.2) is 0 Å². The van der Waals surface area contributed by atoms with Crippen LogP contribution in [0.4, 0.5) is 0 Å². The first-order valence-corrected chi connectivity index (χ1v) is 6.42. The molecule has 0 N–H and O–H groups in total. The average molecular weight is 331 g/mol. The largest absolute Gasteiger partial charge is 0.0579 e. The summed E-state index contributed by atoms with van der Waals surface area (Å²) in [6.45, 7) is 11.0. The Morgan fingerprint density at radius 1 is 0.368 bits per heavy atom. The van der Waals surface area contributed by atoms with E-state index < -0.39 is 0 Å². The second-order valence-electron chi connectivity index (χ2n) is 4.66. The summed E-state index contributed by atoms with van der Waals surface area (Å²) in [5.41, 5.74) is 0. The second kappa shape index (κ2) is 10.6. The number of rotatable bonds is 0. The van der Waals surface area contributed by atoms with Gasteiger partial charge in [0.2, 0.25) is 0 Å². The topological polar surface area (TPSA) is 0 Å². The maximum Gasteiger partial charge on any atom is 0 e. The van der Waals surface area contributed by atoms with Gasteiger partial charge >= 0.3 is 0 Å².